The summed E-state index contributed by atoms with van der Waals surface area (Å²) in [6.45, 7) is 6.82. The second kappa shape index (κ2) is 9.94. The Morgan fingerprint density at radius 2 is 2.04 bits per heavy atom. The highest BCUT2D eigenvalue weighted by Crippen LogP contribution is 2.33. The summed E-state index contributed by atoms with van der Waals surface area (Å²) in [5, 5.41) is 1.06. The highest BCUT2D eigenvalue weighted by Gasteiger charge is 2.21. The van der Waals surface area contributed by atoms with E-state index in [1.54, 1.807) is 23.3 Å². The number of thiazole rings is 1. The lowest BCUT2D eigenvalue weighted by molar-refractivity contribution is 0.0600. The topological polar surface area (TPSA) is 45.7 Å². The molecule has 5 nitrogen and oxygen atoms in total. The molecule has 0 N–H and O–H groups in total. The number of nitrogens with zero attached hydrogens (tertiary/aromatic N) is 3. The molecule has 2 heterocycles. The van der Waals surface area contributed by atoms with Gasteiger partial charge in [0.25, 0.3) is 0 Å². The smallest absolute Gasteiger partial charge is 0.337 e. The standard InChI is InChI=1S/C17H21N3O2S2.C2H6/c1-19-9-8-14-15(11-19)24-17(18-14)20(23-3)10-12-4-6-13(7-5-12)16(21)22-2;1-2/h4-7H,8-11H2,1-3H3;1-2H3. The summed E-state index contributed by atoms with van der Waals surface area (Å²) >= 11 is 3.45. The van der Waals surface area contributed by atoms with Crippen molar-refractivity contribution in [3.8, 4) is 0 Å². The van der Waals surface area contributed by atoms with Crippen LogP contribution in [-0.2, 0) is 24.2 Å². The number of aromatic nitrogens is 1. The summed E-state index contributed by atoms with van der Waals surface area (Å²) in [5.74, 6) is -0.306. The van der Waals surface area contributed by atoms with E-state index in [9.17, 15) is 4.79 Å². The van der Waals surface area contributed by atoms with Gasteiger partial charge in [-0.2, -0.15) is 0 Å². The fourth-order valence-electron chi connectivity index (χ4n) is 2.66. The van der Waals surface area contributed by atoms with Crippen LogP contribution >= 0.6 is 23.3 Å². The van der Waals surface area contributed by atoms with E-state index in [1.807, 2.05) is 38.1 Å². The van der Waals surface area contributed by atoms with Gasteiger partial charge in [0.15, 0.2) is 5.13 Å². The minimum absolute atomic E-state index is 0.306. The number of rotatable bonds is 5. The first-order valence-electron chi connectivity index (χ1n) is 8.76. The van der Waals surface area contributed by atoms with E-state index in [4.69, 9.17) is 9.72 Å². The number of anilines is 1. The number of fused-ring (bicyclic) bond motifs is 1. The van der Waals surface area contributed by atoms with E-state index in [2.05, 4.69) is 22.5 Å². The predicted molar refractivity (Wildman–Crippen MR) is 111 cm³/mol. The summed E-state index contributed by atoms with van der Waals surface area (Å²) in [4.78, 5) is 20.1. The molecule has 1 aromatic heterocycles. The van der Waals surface area contributed by atoms with Crippen LogP contribution in [0.3, 0.4) is 0 Å². The van der Waals surface area contributed by atoms with Crippen LogP contribution in [0.15, 0.2) is 24.3 Å². The molecule has 0 saturated carbocycles. The van der Waals surface area contributed by atoms with Gasteiger partial charge in [0.05, 0.1) is 24.9 Å². The molecular formula is C19H27N3O2S2. The number of carbonyl (C=O) groups excluding carboxylic acids is 1. The van der Waals surface area contributed by atoms with E-state index >= 15 is 0 Å². The highest BCUT2D eigenvalue weighted by atomic mass is 32.2. The summed E-state index contributed by atoms with van der Waals surface area (Å²) in [5.41, 5.74) is 2.96. The highest BCUT2D eigenvalue weighted by molar-refractivity contribution is 8.00. The van der Waals surface area contributed by atoms with E-state index in [0.29, 0.717) is 5.56 Å². The Bertz CT molecular complexity index is 716. The first-order chi connectivity index (χ1) is 12.6. The van der Waals surface area contributed by atoms with Crippen LogP contribution in [0.1, 0.15) is 40.3 Å². The summed E-state index contributed by atoms with van der Waals surface area (Å²) in [7, 11) is 3.55. The van der Waals surface area contributed by atoms with Gasteiger partial charge in [0, 0.05) is 30.6 Å². The van der Waals surface area contributed by atoms with Crippen LogP contribution in [-0.4, -0.2) is 42.8 Å². The van der Waals surface area contributed by atoms with Gasteiger partial charge in [-0.15, -0.1) is 0 Å². The Labute approximate surface area is 164 Å². The summed E-state index contributed by atoms with van der Waals surface area (Å²) < 4.78 is 6.94. The molecule has 0 amide bonds. The Morgan fingerprint density at radius 3 is 2.65 bits per heavy atom. The lowest BCUT2D eigenvalue weighted by atomic mass is 10.1. The molecule has 7 heteroatoms. The number of ether oxygens (including phenoxy) is 1. The molecule has 0 saturated heterocycles. The fraction of sp³-hybridized carbons (Fsp3) is 0.474. The van der Waals surface area contributed by atoms with E-state index in [1.165, 1.54) is 17.7 Å². The number of hydrogen-bond acceptors (Lipinski definition) is 7. The van der Waals surface area contributed by atoms with Crippen molar-refractivity contribution in [3.63, 3.8) is 0 Å². The van der Waals surface area contributed by atoms with Crippen LogP contribution < -0.4 is 4.31 Å². The molecule has 3 rings (SSSR count). The zero-order valence-electron chi connectivity index (χ0n) is 16.1. The number of benzene rings is 1. The molecule has 0 atom stereocenters. The third-order valence-electron chi connectivity index (χ3n) is 4.05. The first kappa shape index (κ1) is 20.7. The van der Waals surface area contributed by atoms with Gasteiger partial charge in [-0.25, -0.2) is 9.78 Å². The van der Waals surface area contributed by atoms with Crippen molar-refractivity contribution in [2.45, 2.75) is 33.4 Å². The number of likely N-dealkylation sites (N-methyl/N-ethyl adjacent to an activating group) is 1. The van der Waals surface area contributed by atoms with Gasteiger partial charge < -0.3 is 9.64 Å². The molecule has 1 aliphatic heterocycles. The lowest BCUT2D eigenvalue weighted by Gasteiger charge is -2.20. The number of carbonyl (C=O) groups is 1. The van der Waals surface area contributed by atoms with Gasteiger partial charge in [-0.3, -0.25) is 4.31 Å². The quantitative estimate of drug-likeness (QED) is 0.560. The van der Waals surface area contributed by atoms with E-state index in [-0.39, 0.29) is 5.97 Å². The molecule has 0 fully saturated rings. The number of esters is 1. The minimum atomic E-state index is -0.306. The van der Waals surface area contributed by atoms with Crippen molar-refractivity contribution in [2.75, 3.05) is 31.3 Å². The van der Waals surface area contributed by atoms with Gasteiger partial charge in [-0.1, -0.05) is 49.3 Å². The average molecular weight is 394 g/mol. The van der Waals surface area contributed by atoms with Crippen molar-refractivity contribution in [1.82, 2.24) is 9.88 Å². The van der Waals surface area contributed by atoms with E-state index in [0.717, 1.165) is 36.8 Å². The molecule has 0 spiro atoms. The Kier molecular flexibility index (Phi) is 7.93. The maximum atomic E-state index is 11.5. The fourth-order valence-corrected chi connectivity index (χ4v) is 4.56. The molecule has 142 valence electrons. The SMILES string of the molecule is CC.COC(=O)c1ccc(CN(SC)c2nc3c(s2)CN(C)CC3)cc1. The molecule has 1 aliphatic rings. The van der Waals surface area contributed by atoms with Crippen molar-refractivity contribution >= 4 is 34.4 Å². The Morgan fingerprint density at radius 1 is 1.35 bits per heavy atom. The molecule has 1 aromatic carbocycles. The monoisotopic (exact) mass is 393 g/mol. The summed E-state index contributed by atoms with van der Waals surface area (Å²) in [6, 6.07) is 7.55. The van der Waals surface area contributed by atoms with Crippen molar-refractivity contribution in [2.24, 2.45) is 0 Å². The van der Waals surface area contributed by atoms with Gasteiger partial charge in [0.2, 0.25) is 0 Å². The molecule has 0 bridgehead atoms. The van der Waals surface area contributed by atoms with Gasteiger partial charge in [-0.05, 0) is 24.7 Å². The van der Waals surface area contributed by atoms with Crippen molar-refractivity contribution in [3.05, 3.63) is 46.0 Å². The molecule has 0 aliphatic carbocycles. The maximum Gasteiger partial charge on any atom is 0.337 e. The van der Waals surface area contributed by atoms with Crippen LogP contribution in [0.4, 0.5) is 5.13 Å². The Hall–Kier alpha value is -1.57. The van der Waals surface area contributed by atoms with Crippen molar-refractivity contribution in [1.29, 1.82) is 0 Å². The van der Waals surface area contributed by atoms with Crippen molar-refractivity contribution < 1.29 is 9.53 Å². The minimum Gasteiger partial charge on any atom is -0.465 e. The first-order valence-corrected chi connectivity index (χ1v) is 10.8. The average Bonchev–Trinajstić information content (AvgIpc) is 3.10. The lowest BCUT2D eigenvalue weighted by Crippen LogP contribution is -2.25. The maximum absolute atomic E-state index is 11.5. The van der Waals surface area contributed by atoms with E-state index < -0.39 is 0 Å². The molecule has 0 radical (unpaired) electrons. The largest absolute Gasteiger partial charge is 0.465 e. The number of hydrogen-bond donors (Lipinski definition) is 0. The molecule has 0 unspecified atom stereocenters. The van der Waals surface area contributed by atoms with Gasteiger partial charge in [0.1, 0.15) is 0 Å². The molecule has 26 heavy (non-hydrogen) atoms. The second-order valence-electron chi connectivity index (χ2n) is 5.76. The molecule has 2 aromatic rings. The second-order valence-corrected chi connectivity index (χ2v) is 7.63. The van der Waals surface area contributed by atoms with Crippen LogP contribution in [0.5, 0.6) is 0 Å². The third-order valence-corrected chi connectivity index (χ3v) is 6.01. The number of methoxy groups -OCH3 is 1. The normalized spacial score (nSPS) is 13.4. The summed E-state index contributed by atoms with van der Waals surface area (Å²) in [6.07, 6.45) is 3.09. The Balaban J connectivity index is 0.00000117. The third kappa shape index (κ3) is 4.99. The van der Waals surface area contributed by atoms with Crippen LogP contribution in [0.25, 0.3) is 0 Å². The predicted octanol–water partition coefficient (Wildman–Crippen LogP) is 4.23. The van der Waals surface area contributed by atoms with Crippen LogP contribution in [0, 0.1) is 0 Å². The zero-order valence-corrected chi connectivity index (χ0v) is 17.7. The van der Waals surface area contributed by atoms with Gasteiger partial charge >= 0.3 is 5.97 Å². The molecular weight excluding hydrogens is 366 g/mol. The zero-order chi connectivity index (χ0) is 19.1. The van der Waals surface area contributed by atoms with Crippen LogP contribution in [0.2, 0.25) is 0 Å².